The highest BCUT2D eigenvalue weighted by atomic mass is 35.5. The minimum atomic E-state index is -0.110. The highest BCUT2D eigenvalue weighted by molar-refractivity contribution is 7.99. The lowest BCUT2D eigenvalue weighted by atomic mass is 10.1. The summed E-state index contributed by atoms with van der Waals surface area (Å²) < 4.78 is 1.90. The van der Waals surface area contributed by atoms with Crippen molar-refractivity contribution in [2.24, 2.45) is 7.05 Å². The number of thioether (sulfide) groups is 1. The summed E-state index contributed by atoms with van der Waals surface area (Å²) >= 11 is 7.36. The number of nitrogens with one attached hydrogen (secondary N) is 1. The van der Waals surface area contributed by atoms with Crippen molar-refractivity contribution >= 4 is 29.3 Å². The maximum absolute atomic E-state index is 12.3. The topological polar surface area (TPSA) is 59.8 Å². The molecule has 5 nitrogen and oxygen atoms in total. The van der Waals surface area contributed by atoms with Crippen LogP contribution in [0.5, 0.6) is 0 Å². The number of hydrogen-bond donors (Lipinski definition) is 1. The second kappa shape index (κ2) is 8.38. The minimum absolute atomic E-state index is 0.0632. The van der Waals surface area contributed by atoms with Gasteiger partial charge in [-0.3, -0.25) is 4.79 Å². The summed E-state index contributed by atoms with van der Waals surface area (Å²) in [7, 11) is 1.90. The lowest BCUT2D eigenvalue weighted by Gasteiger charge is -2.14. The van der Waals surface area contributed by atoms with Crippen LogP contribution in [0, 0.1) is 0 Å². The third-order valence-corrected chi connectivity index (χ3v) is 5.18. The Morgan fingerprint density at radius 1 is 1.19 bits per heavy atom. The van der Waals surface area contributed by atoms with Gasteiger partial charge >= 0.3 is 0 Å². The van der Waals surface area contributed by atoms with Gasteiger partial charge in [-0.1, -0.05) is 65.8 Å². The van der Waals surface area contributed by atoms with Crippen molar-refractivity contribution in [3.8, 4) is 11.4 Å². The van der Waals surface area contributed by atoms with Crippen molar-refractivity contribution in [1.82, 2.24) is 20.1 Å². The van der Waals surface area contributed by atoms with Gasteiger partial charge in [0.05, 0.1) is 11.8 Å². The molecule has 0 aliphatic carbocycles. The van der Waals surface area contributed by atoms with Crippen LogP contribution in [-0.2, 0) is 11.8 Å². The lowest BCUT2D eigenvalue weighted by molar-refractivity contribution is -0.119. The highest BCUT2D eigenvalue weighted by Crippen LogP contribution is 2.23. The molecule has 0 saturated carbocycles. The van der Waals surface area contributed by atoms with Crippen LogP contribution in [0.15, 0.2) is 59.8 Å². The quantitative estimate of drug-likeness (QED) is 0.648. The van der Waals surface area contributed by atoms with Gasteiger partial charge in [0, 0.05) is 17.6 Å². The third-order valence-electron chi connectivity index (χ3n) is 3.93. The summed E-state index contributed by atoms with van der Waals surface area (Å²) in [5.74, 6) is 0.985. The molecule has 2 aromatic carbocycles. The standard InChI is InChI=1S/C19H19ClN4OS/c1-13(15-9-6-10-16(20)11-15)21-17(25)12-26-19-23-22-18(24(19)2)14-7-4-3-5-8-14/h3-11,13H,12H2,1-2H3,(H,21,25)/t13-/m1/s1. The molecule has 1 aromatic heterocycles. The van der Waals surface area contributed by atoms with Crippen LogP contribution in [0.25, 0.3) is 11.4 Å². The van der Waals surface area contributed by atoms with Crippen molar-refractivity contribution in [1.29, 1.82) is 0 Å². The van der Waals surface area contributed by atoms with Crippen LogP contribution in [0.2, 0.25) is 5.02 Å². The van der Waals surface area contributed by atoms with E-state index in [1.54, 1.807) is 0 Å². The summed E-state index contributed by atoms with van der Waals surface area (Å²) in [4.78, 5) is 12.3. The average Bonchev–Trinajstić information content (AvgIpc) is 3.01. The minimum Gasteiger partial charge on any atom is -0.349 e. The zero-order valence-corrected chi connectivity index (χ0v) is 16.1. The fourth-order valence-corrected chi connectivity index (χ4v) is 3.47. The third kappa shape index (κ3) is 4.45. The number of carbonyl (C=O) groups excluding carboxylic acids is 1. The zero-order valence-electron chi connectivity index (χ0n) is 14.5. The second-order valence-electron chi connectivity index (χ2n) is 5.86. The van der Waals surface area contributed by atoms with E-state index in [0.717, 1.165) is 17.0 Å². The molecular formula is C19H19ClN4OS. The van der Waals surface area contributed by atoms with E-state index in [1.165, 1.54) is 11.8 Å². The number of halogens is 1. The molecule has 7 heteroatoms. The SMILES string of the molecule is C[C@@H](NC(=O)CSc1nnc(-c2ccccc2)n1C)c1cccc(Cl)c1. The summed E-state index contributed by atoms with van der Waals surface area (Å²) in [6.07, 6.45) is 0. The van der Waals surface area contributed by atoms with E-state index in [0.29, 0.717) is 10.2 Å². The Morgan fingerprint density at radius 2 is 1.96 bits per heavy atom. The van der Waals surface area contributed by atoms with Crippen LogP contribution in [0.1, 0.15) is 18.5 Å². The molecule has 0 unspecified atom stereocenters. The Labute approximate surface area is 161 Å². The summed E-state index contributed by atoms with van der Waals surface area (Å²) in [6.45, 7) is 1.93. The predicted molar refractivity (Wildman–Crippen MR) is 105 cm³/mol. The van der Waals surface area contributed by atoms with Crippen LogP contribution in [-0.4, -0.2) is 26.4 Å². The first-order valence-corrected chi connectivity index (χ1v) is 9.53. The Morgan fingerprint density at radius 3 is 2.69 bits per heavy atom. The van der Waals surface area contributed by atoms with E-state index in [4.69, 9.17) is 11.6 Å². The molecule has 1 N–H and O–H groups in total. The molecule has 1 amide bonds. The number of benzene rings is 2. The van der Waals surface area contributed by atoms with Crippen molar-refractivity contribution in [3.05, 3.63) is 65.2 Å². The molecule has 134 valence electrons. The molecule has 26 heavy (non-hydrogen) atoms. The average molecular weight is 387 g/mol. The molecular weight excluding hydrogens is 368 g/mol. The van der Waals surface area contributed by atoms with Gasteiger partial charge < -0.3 is 9.88 Å². The summed E-state index contributed by atoms with van der Waals surface area (Å²) in [5, 5.41) is 12.8. The van der Waals surface area contributed by atoms with Crippen LogP contribution < -0.4 is 5.32 Å². The van der Waals surface area contributed by atoms with E-state index in [9.17, 15) is 4.79 Å². The Bertz CT molecular complexity index is 898. The summed E-state index contributed by atoms with van der Waals surface area (Å²) in [5.41, 5.74) is 1.97. The van der Waals surface area contributed by atoms with E-state index in [2.05, 4.69) is 15.5 Å². The first-order chi connectivity index (χ1) is 12.5. The molecule has 0 saturated heterocycles. The van der Waals surface area contributed by atoms with E-state index >= 15 is 0 Å². The van der Waals surface area contributed by atoms with Gasteiger partial charge in [0.1, 0.15) is 0 Å². The number of aromatic nitrogens is 3. The van der Waals surface area contributed by atoms with Crippen molar-refractivity contribution < 1.29 is 4.79 Å². The zero-order chi connectivity index (χ0) is 18.5. The molecule has 0 spiro atoms. The normalized spacial score (nSPS) is 12.0. The Hall–Kier alpha value is -2.31. The van der Waals surface area contributed by atoms with Gasteiger partial charge in [0.2, 0.25) is 5.91 Å². The molecule has 0 aliphatic heterocycles. The second-order valence-corrected chi connectivity index (χ2v) is 7.24. The lowest BCUT2D eigenvalue weighted by Crippen LogP contribution is -2.28. The van der Waals surface area contributed by atoms with Crippen LogP contribution in [0.4, 0.5) is 0 Å². The largest absolute Gasteiger partial charge is 0.349 e. The molecule has 3 rings (SSSR count). The fraction of sp³-hybridized carbons (Fsp3) is 0.211. The first kappa shape index (κ1) is 18.5. The first-order valence-electron chi connectivity index (χ1n) is 8.17. The van der Waals surface area contributed by atoms with Crippen molar-refractivity contribution in [2.45, 2.75) is 18.1 Å². The molecule has 1 heterocycles. The Balaban J connectivity index is 1.59. The van der Waals surface area contributed by atoms with E-state index in [-0.39, 0.29) is 17.7 Å². The Kier molecular flexibility index (Phi) is 5.96. The van der Waals surface area contributed by atoms with Gasteiger partial charge in [-0.15, -0.1) is 10.2 Å². The van der Waals surface area contributed by atoms with Gasteiger partial charge in [-0.05, 0) is 24.6 Å². The van der Waals surface area contributed by atoms with Gasteiger partial charge in [-0.25, -0.2) is 0 Å². The highest BCUT2D eigenvalue weighted by Gasteiger charge is 2.14. The van der Waals surface area contributed by atoms with E-state index < -0.39 is 0 Å². The molecule has 3 aromatic rings. The maximum atomic E-state index is 12.3. The fourth-order valence-electron chi connectivity index (χ4n) is 2.55. The van der Waals surface area contributed by atoms with Gasteiger partial charge in [-0.2, -0.15) is 0 Å². The number of amides is 1. The molecule has 1 atom stereocenters. The van der Waals surface area contributed by atoms with Gasteiger partial charge in [0.25, 0.3) is 0 Å². The monoisotopic (exact) mass is 386 g/mol. The number of rotatable bonds is 6. The summed E-state index contributed by atoms with van der Waals surface area (Å²) in [6, 6.07) is 17.2. The predicted octanol–water partition coefficient (Wildman–Crippen LogP) is 4.11. The van der Waals surface area contributed by atoms with E-state index in [1.807, 2.05) is 73.1 Å². The molecule has 0 radical (unpaired) electrons. The number of hydrogen-bond acceptors (Lipinski definition) is 4. The smallest absolute Gasteiger partial charge is 0.230 e. The molecule has 0 fully saturated rings. The molecule has 0 aliphatic rings. The molecule has 0 bridgehead atoms. The van der Waals surface area contributed by atoms with Crippen LogP contribution in [0.3, 0.4) is 0 Å². The maximum Gasteiger partial charge on any atom is 0.230 e. The number of nitrogens with zero attached hydrogens (tertiary/aromatic N) is 3. The van der Waals surface area contributed by atoms with Crippen molar-refractivity contribution in [3.63, 3.8) is 0 Å². The van der Waals surface area contributed by atoms with Crippen LogP contribution >= 0.6 is 23.4 Å². The van der Waals surface area contributed by atoms with Gasteiger partial charge in [0.15, 0.2) is 11.0 Å². The van der Waals surface area contributed by atoms with Crippen molar-refractivity contribution in [2.75, 3.05) is 5.75 Å². The number of carbonyl (C=O) groups is 1.